The summed E-state index contributed by atoms with van der Waals surface area (Å²) in [7, 11) is 1.54. The van der Waals surface area contributed by atoms with Crippen molar-refractivity contribution in [2.75, 3.05) is 20.2 Å². The highest BCUT2D eigenvalue weighted by Gasteiger charge is 2.33. The summed E-state index contributed by atoms with van der Waals surface area (Å²) < 4.78 is 10.7. The number of carbonyl (C=O) groups is 2. The van der Waals surface area contributed by atoms with Gasteiger partial charge >= 0.3 is 5.97 Å². The van der Waals surface area contributed by atoms with E-state index in [1.165, 1.54) is 0 Å². The summed E-state index contributed by atoms with van der Waals surface area (Å²) in [6.07, 6.45) is 1.27. The van der Waals surface area contributed by atoms with E-state index in [0.717, 1.165) is 0 Å². The molecule has 0 aliphatic carbocycles. The van der Waals surface area contributed by atoms with E-state index in [2.05, 4.69) is 0 Å². The molecule has 5 nitrogen and oxygen atoms in total. The smallest absolute Gasteiger partial charge is 0.314 e. The molecule has 0 saturated carbocycles. The molecule has 0 unspecified atom stereocenters. The molecule has 1 amide bonds. The van der Waals surface area contributed by atoms with Gasteiger partial charge in [0, 0.05) is 18.5 Å². The lowest BCUT2D eigenvalue weighted by molar-refractivity contribution is -0.146. The number of likely N-dealkylation sites (tertiary alicyclic amines) is 1. The first-order valence-electron chi connectivity index (χ1n) is 7.97. The lowest BCUT2D eigenvalue weighted by atomic mass is 9.91. The standard InChI is InChI=1S/C18H25NO4/c1-18(2,3)17(21)19-11-9-13(10-12-19)16(20)23-15-8-6-5-7-14(15)22-4/h5-8,13H,9-12H2,1-4H3. The van der Waals surface area contributed by atoms with Gasteiger partial charge in [-0.25, -0.2) is 0 Å². The average Bonchev–Trinajstić information content (AvgIpc) is 2.54. The Morgan fingerprint density at radius 2 is 1.65 bits per heavy atom. The van der Waals surface area contributed by atoms with E-state index in [9.17, 15) is 9.59 Å². The number of carbonyl (C=O) groups excluding carboxylic acids is 2. The van der Waals surface area contributed by atoms with Gasteiger partial charge in [0.15, 0.2) is 11.5 Å². The molecule has 0 aromatic heterocycles. The second-order valence-electron chi connectivity index (χ2n) is 6.89. The molecule has 1 saturated heterocycles. The van der Waals surface area contributed by atoms with E-state index in [-0.39, 0.29) is 23.2 Å². The molecule has 0 bridgehead atoms. The molecule has 23 heavy (non-hydrogen) atoms. The van der Waals surface area contributed by atoms with Crippen molar-refractivity contribution in [3.63, 3.8) is 0 Å². The average molecular weight is 319 g/mol. The first-order chi connectivity index (χ1) is 10.8. The van der Waals surface area contributed by atoms with Crippen molar-refractivity contribution in [2.45, 2.75) is 33.6 Å². The predicted octanol–water partition coefficient (Wildman–Crippen LogP) is 2.89. The number of hydrogen-bond acceptors (Lipinski definition) is 4. The summed E-state index contributed by atoms with van der Waals surface area (Å²) in [6.45, 7) is 6.94. The van der Waals surface area contributed by atoms with Crippen molar-refractivity contribution in [3.8, 4) is 11.5 Å². The highest BCUT2D eigenvalue weighted by Crippen LogP contribution is 2.29. The molecule has 1 aliphatic rings. The second-order valence-corrected chi connectivity index (χ2v) is 6.89. The summed E-state index contributed by atoms with van der Waals surface area (Å²) in [5.74, 6) is 0.685. The topological polar surface area (TPSA) is 55.8 Å². The van der Waals surface area contributed by atoms with Crippen LogP contribution in [0.5, 0.6) is 11.5 Å². The van der Waals surface area contributed by atoms with Gasteiger partial charge in [-0.05, 0) is 25.0 Å². The lowest BCUT2D eigenvalue weighted by Gasteiger charge is -2.34. The fourth-order valence-corrected chi connectivity index (χ4v) is 2.69. The fourth-order valence-electron chi connectivity index (χ4n) is 2.69. The summed E-state index contributed by atoms with van der Waals surface area (Å²) in [6, 6.07) is 7.10. The minimum absolute atomic E-state index is 0.133. The van der Waals surface area contributed by atoms with E-state index in [1.54, 1.807) is 25.3 Å². The molecule has 0 spiro atoms. The Hall–Kier alpha value is -2.04. The summed E-state index contributed by atoms with van der Waals surface area (Å²) in [4.78, 5) is 26.4. The molecular weight excluding hydrogens is 294 g/mol. The molecule has 126 valence electrons. The van der Waals surface area contributed by atoms with Gasteiger partial charge in [-0.1, -0.05) is 32.9 Å². The van der Waals surface area contributed by atoms with Crippen LogP contribution in [0, 0.1) is 11.3 Å². The second kappa shape index (κ2) is 7.02. The van der Waals surface area contributed by atoms with Crippen LogP contribution in [0.15, 0.2) is 24.3 Å². The fraction of sp³-hybridized carbons (Fsp3) is 0.556. The number of piperidine rings is 1. The van der Waals surface area contributed by atoms with Crippen molar-refractivity contribution in [1.29, 1.82) is 0 Å². The molecule has 0 radical (unpaired) electrons. The van der Waals surface area contributed by atoms with Crippen molar-refractivity contribution in [2.24, 2.45) is 11.3 Å². The van der Waals surface area contributed by atoms with Crippen LogP contribution in [-0.4, -0.2) is 37.0 Å². The normalized spacial score (nSPS) is 16.1. The predicted molar refractivity (Wildman–Crippen MR) is 87.4 cm³/mol. The van der Waals surface area contributed by atoms with Crippen LogP contribution in [0.2, 0.25) is 0 Å². The van der Waals surface area contributed by atoms with Crippen LogP contribution in [-0.2, 0) is 9.59 Å². The van der Waals surface area contributed by atoms with Crippen LogP contribution in [0.4, 0.5) is 0 Å². The number of hydrogen-bond donors (Lipinski definition) is 0. The van der Waals surface area contributed by atoms with Crippen LogP contribution in [0.3, 0.4) is 0 Å². The van der Waals surface area contributed by atoms with E-state index in [1.807, 2.05) is 31.7 Å². The minimum atomic E-state index is -0.384. The number of benzene rings is 1. The first-order valence-corrected chi connectivity index (χ1v) is 7.97. The van der Waals surface area contributed by atoms with Gasteiger partial charge in [-0.2, -0.15) is 0 Å². The highest BCUT2D eigenvalue weighted by atomic mass is 16.6. The third-order valence-electron chi connectivity index (χ3n) is 4.04. The van der Waals surface area contributed by atoms with Crippen LogP contribution in [0.1, 0.15) is 33.6 Å². The van der Waals surface area contributed by atoms with Crippen LogP contribution >= 0.6 is 0 Å². The van der Waals surface area contributed by atoms with E-state index in [4.69, 9.17) is 9.47 Å². The van der Waals surface area contributed by atoms with Gasteiger partial charge in [0.2, 0.25) is 5.91 Å². The largest absolute Gasteiger partial charge is 0.493 e. The Kier molecular flexibility index (Phi) is 5.29. The van der Waals surface area contributed by atoms with Gasteiger partial charge in [-0.15, -0.1) is 0 Å². The molecular formula is C18H25NO4. The Morgan fingerprint density at radius 1 is 1.09 bits per heavy atom. The maximum Gasteiger partial charge on any atom is 0.314 e. The number of methoxy groups -OCH3 is 1. The lowest BCUT2D eigenvalue weighted by Crippen LogP contribution is -2.45. The molecule has 5 heteroatoms. The number of para-hydroxylation sites is 2. The number of nitrogens with zero attached hydrogens (tertiary/aromatic N) is 1. The highest BCUT2D eigenvalue weighted by molar-refractivity contribution is 5.82. The van der Waals surface area contributed by atoms with E-state index < -0.39 is 0 Å². The van der Waals surface area contributed by atoms with Gasteiger partial charge in [0.1, 0.15) is 0 Å². The monoisotopic (exact) mass is 319 g/mol. The zero-order chi connectivity index (χ0) is 17.0. The zero-order valence-electron chi connectivity index (χ0n) is 14.3. The van der Waals surface area contributed by atoms with Crippen LogP contribution in [0.25, 0.3) is 0 Å². The molecule has 0 atom stereocenters. The maximum absolute atomic E-state index is 12.3. The Morgan fingerprint density at radius 3 is 2.17 bits per heavy atom. The van der Waals surface area contributed by atoms with Gasteiger partial charge in [-0.3, -0.25) is 9.59 Å². The molecule has 1 fully saturated rings. The number of amides is 1. The van der Waals surface area contributed by atoms with E-state index in [0.29, 0.717) is 37.4 Å². The molecule has 1 aromatic carbocycles. The molecule has 2 rings (SSSR count). The van der Waals surface area contributed by atoms with Crippen molar-refractivity contribution < 1.29 is 19.1 Å². The first kappa shape index (κ1) is 17.3. The minimum Gasteiger partial charge on any atom is -0.493 e. The van der Waals surface area contributed by atoms with E-state index >= 15 is 0 Å². The van der Waals surface area contributed by atoms with Crippen LogP contribution < -0.4 is 9.47 Å². The number of rotatable bonds is 3. The van der Waals surface area contributed by atoms with Gasteiger partial charge in [0.05, 0.1) is 13.0 Å². The maximum atomic E-state index is 12.3. The zero-order valence-corrected chi connectivity index (χ0v) is 14.3. The molecule has 0 N–H and O–H groups in total. The summed E-state index contributed by atoms with van der Waals surface area (Å²) in [5, 5.41) is 0. The molecule has 1 heterocycles. The third-order valence-corrected chi connectivity index (χ3v) is 4.04. The Labute approximate surface area is 137 Å². The van der Waals surface area contributed by atoms with Gasteiger partial charge < -0.3 is 14.4 Å². The number of esters is 1. The van der Waals surface area contributed by atoms with Crippen molar-refractivity contribution in [3.05, 3.63) is 24.3 Å². The third kappa shape index (κ3) is 4.24. The molecule has 1 aromatic rings. The van der Waals surface area contributed by atoms with Crippen molar-refractivity contribution >= 4 is 11.9 Å². The molecule has 1 aliphatic heterocycles. The van der Waals surface area contributed by atoms with Gasteiger partial charge in [0.25, 0.3) is 0 Å². The summed E-state index contributed by atoms with van der Waals surface area (Å²) >= 11 is 0. The quantitative estimate of drug-likeness (QED) is 0.635. The Balaban J connectivity index is 1.92. The SMILES string of the molecule is COc1ccccc1OC(=O)C1CCN(C(=O)C(C)(C)C)CC1. The number of ether oxygens (including phenoxy) is 2. The Bertz CT molecular complexity index is 569. The van der Waals surface area contributed by atoms with Crippen molar-refractivity contribution in [1.82, 2.24) is 4.90 Å². The summed E-state index contributed by atoms with van der Waals surface area (Å²) in [5.41, 5.74) is -0.384.